The highest BCUT2D eigenvalue weighted by Crippen LogP contribution is 2.35. The topological polar surface area (TPSA) is 87.7 Å². The van der Waals surface area contributed by atoms with Gasteiger partial charge in [0.05, 0.1) is 25.1 Å². The summed E-state index contributed by atoms with van der Waals surface area (Å²) in [5.41, 5.74) is 0.422. The molecule has 2 aliphatic heterocycles. The van der Waals surface area contributed by atoms with E-state index >= 15 is 4.39 Å². The summed E-state index contributed by atoms with van der Waals surface area (Å²) in [7, 11) is 1.48. The van der Waals surface area contributed by atoms with Crippen LogP contribution in [-0.2, 0) is 9.63 Å². The van der Waals surface area contributed by atoms with Crippen molar-refractivity contribution >= 4 is 17.6 Å². The van der Waals surface area contributed by atoms with Gasteiger partial charge in [-0.1, -0.05) is 0 Å². The van der Waals surface area contributed by atoms with Gasteiger partial charge in [-0.2, -0.15) is 0 Å². The molecule has 8 nitrogen and oxygen atoms in total. The normalized spacial score (nSPS) is 23.3. The van der Waals surface area contributed by atoms with E-state index < -0.39 is 35.7 Å². The van der Waals surface area contributed by atoms with Gasteiger partial charge in [0, 0.05) is 32.1 Å². The van der Waals surface area contributed by atoms with Crippen LogP contribution in [0.3, 0.4) is 0 Å². The van der Waals surface area contributed by atoms with Gasteiger partial charge in [0.25, 0.3) is 11.8 Å². The minimum absolute atomic E-state index is 0.103. The first-order valence-corrected chi connectivity index (χ1v) is 10.2. The molecule has 2 amide bonds. The number of nitrogens with one attached hydrogen (secondary N) is 1. The molecule has 2 saturated heterocycles. The molecule has 11 heteroatoms. The quantitative estimate of drug-likeness (QED) is 0.770. The number of benzene rings is 1. The molecule has 4 rings (SSSR count). The second kappa shape index (κ2) is 9.11. The summed E-state index contributed by atoms with van der Waals surface area (Å²) in [5.74, 6) is -3.03. The Hall–Kier alpha value is -3.21. The fourth-order valence-electron chi connectivity index (χ4n) is 4.08. The second-order valence-electron chi connectivity index (χ2n) is 7.70. The van der Waals surface area contributed by atoms with Crippen molar-refractivity contribution in [2.45, 2.75) is 25.1 Å². The van der Waals surface area contributed by atoms with E-state index in [-0.39, 0.29) is 36.7 Å². The van der Waals surface area contributed by atoms with Crippen molar-refractivity contribution in [2.75, 3.05) is 31.6 Å². The lowest BCUT2D eigenvalue weighted by Crippen LogP contribution is -2.49. The number of alkyl halides is 1. The summed E-state index contributed by atoms with van der Waals surface area (Å²) < 4.78 is 42.4. The summed E-state index contributed by atoms with van der Waals surface area (Å²) in [6, 6.07) is 3.83. The molecule has 1 aromatic carbocycles. The Balaban J connectivity index is 1.46. The highest BCUT2D eigenvalue weighted by molar-refractivity contribution is 5.92. The number of piperidine rings is 1. The van der Waals surface area contributed by atoms with Crippen LogP contribution in [0, 0.1) is 17.6 Å². The lowest BCUT2D eigenvalue weighted by atomic mass is 9.92. The number of carbonyl (C=O) groups excluding carboxylic acids is 2. The summed E-state index contributed by atoms with van der Waals surface area (Å²) in [6.07, 6.45) is 0.242. The van der Waals surface area contributed by atoms with E-state index in [1.165, 1.54) is 19.4 Å². The molecule has 1 N–H and O–H groups in total. The summed E-state index contributed by atoms with van der Waals surface area (Å²) >= 11 is 0. The van der Waals surface area contributed by atoms with Crippen LogP contribution in [0.5, 0.6) is 0 Å². The number of anilines is 1. The maximum atomic E-state index is 15.1. The third kappa shape index (κ3) is 4.38. The number of hydrogen-bond donors (Lipinski definition) is 1. The molecule has 0 saturated carbocycles. The van der Waals surface area contributed by atoms with Crippen LogP contribution >= 0.6 is 0 Å². The van der Waals surface area contributed by atoms with Crippen LogP contribution in [0.1, 0.15) is 34.9 Å². The van der Waals surface area contributed by atoms with Crippen molar-refractivity contribution in [2.24, 2.45) is 5.92 Å². The van der Waals surface area contributed by atoms with Gasteiger partial charge in [-0.15, -0.1) is 0 Å². The zero-order chi connectivity index (χ0) is 22.8. The highest BCUT2D eigenvalue weighted by atomic mass is 19.1. The van der Waals surface area contributed by atoms with Crippen LogP contribution in [0.2, 0.25) is 0 Å². The third-order valence-electron chi connectivity index (χ3n) is 5.69. The Kier molecular flexibility index (Phi) is 6.26. The van der Waals surface area contributed by atoms with Crippen LogP contribution < -0.4 is 10.2 Å². The van der Waals surface area contributed by atoms with E-state index in [1.807, 2.05) is 0 Å². The molecule has 32 heavy (non-hydrogen) atoms. The molecule has 1 unspecified atom stereocenters. The zero-order valence-corrected chi connectivity index (χ0v) is 17.3. The summed E-state index contributed by atoms with van der Waals surface area (Å²) in [5, 5.41) is 3.52. The predicted molar refractivity (Wildman–Crippen MR) is 107 cm³/mol. The largest absolute Gasteiger partial charge is 0.354 e. The van der Waals surface area contributed by atoms with Gasteiger partial charge in [-0.05, 0) is 24.1 Å². The number of hydroxylamine groups is 2. The molecule has 170 valence electrons. The van der Waals surface area contributed by atoms with Crippen LogP contribution in [0.15, 0.2) is 30.6 Å². The van der Waals surface area contributed by atoms with Crippen molar-refractivity contribution in [3.05, 3.63) is 53.5 Å². The first kappa shape index (κ1) is 22.0. The van der Waals surface area contributed by atoms with Crippen molar-refractivity contribution in [3.63, 3.8) is 0 Å². The van der Waals surface area contributed by atoms with Crippen LogP contribution in [0.25, 0.3) is 0 Å². The van der Waals surface area contributed by atoms with Gasteiger partial charge in [0.15, 0.2) is 0 Å². The fourth-order valence-corrected chi connectivity index (χ4v) is 4.08. The minimum Gasteiger partial charge on any atom is -0.354 e. The Morgan fingerprint density at radius 1 is 1.12 bits per heavy atom. The summed E-state index contributed by atoms with van der Waals surface area (Å²) in [4.78, 5) is 39.9. The molecule has 1 aromatic heterocycles. The molecule has 3 atom stereocenters. The first-order valence-electron chi connectivity index (χ1n) is 10.2. The molecule has 0 radical (unpaired) electrons. The van der Waals surface area contributed by atoms with Gasteiger partial charge >= 0.3 is 0 Å². The fraction of sp³-hybridized carbons (Fsp3) is 0.429. The van der Waals surface area contributed by atoms with E-state index in [4.69, 9.17) is 4.84 Å². The molecular weight excluding hydrogens is 427 g/mol. The molecule has 0 aliphatic carbocycles. The Labute approximate surface area is 182 Å². The average Bonchev–Trinajstić information content (AvgIpc) is 3.27. The predicted octanol–water partition coefficient (Wildman–Crippen LogP) is 2.18. The van der Waals surface area contributed by atoms with Gasteiger partial charge in [-0.3, -0.25) is 14.4 Å². The highest BCUT2D eigenvalue weighted by Gasteiger charge is 2.42. The van der Waals surface area contributed by atoms with Gasteiger partial charge in [0.2, 0.25) is 0 Å². The van der Waals surface area contributed by atoms with E-state index in [0.29, 0.717) is 18.8 Å². The van der Waals surface area contributed by atoms with Crippen molar-refractivity contribution in [1.82, 2.24) is 20.3 Å². The number of hydrogen-bond acceptors (Lipinski definition) is 6. The number of halogens is 3. The Morgan fingerprint density at radius 2 is 1.88 bits per heavy atom. The van der Waals surface area contributed by atoms with Gasteiger partial charge in [-0.25, -0.2) is 28.2 Å². The van der Waals surface area contributed by atoms with E-state index in [2.05, 4.69) is 15.3 Å². The zero-order valence-electron chi connectivity index (χ0n) is 17.3. The maximum Gasteiger partial charge on any atom is 0.269 e. The molecule has 2 fully saturated rings. The van der Waals surface area contributed by atoms with Gasteiger partial charge in [0.1, 0.15) is 35.6 Å². The van der Waals surface area contributed by atoms with Gasteiger partial charge < -0.3 is 10.2 Å². The lowest BCUT2D eigenvalue weighted by molar-refractivity contribution is -0.184. The second-order valence-corrected chi connectivity index (χ2v) is 7.70. The third-order valence-corrected chi connectivity index (χ3v) is 5.69. The van der Waals surface area contributed by atoms with E-state index in [0.717, 1.165) is 23.3 Å². The lowest BCUT2D eigenvalue weighted by Gasteiger charge is -2.36. The SMILES string of the molecule is CNC(=O)c1cc(N2CC[C@H](C(=O)N3OCCC3c3cc(F)cc(F)c3)[C@H](F)C2)ncn1. The van der Waals surface area contributed by atoms with E-state index in [9.17, 15) is 18.4 Å². The minimum atomic E-state index is -1.52. The van der Waals surface area contributed by atoms with Crippen molar-refractivity contribution in [3.8, 4) is 0 Å². The molecular formula is C21H22F3N5O3. The monoisotopic (exact) mass is 449 g/mol. The maximum absolute atomic E-state index is 15.1. The molecule has 0 spiro atoms. The van der Waals surface area contributed by atoms with Crippen molar-refractivity contribution < 1.29 is 27.6 Å². The standard InChI is InChI=1S/C21H22F3N5O3/c1-25-20(30)17-9-19(27-11-26-17)28-4-2-15(16(24)10-28)21(31)29-18(3-5-32-29)12-6-13(22)8-14(23)7-12/h6-9,11,15-16,18H,2-5,10H2,1H3,(H,25,30)/t15-,16+,18?/m0/s1. The first-order chi connectivity index (χ1) is 15.4. The number of nitrogens with zero attached hydrogens (tertiary/aromatic N) is 4. The van der Waals surface area contributed by atoms with Crippen LogP contribution in [-0.4, -0.2) is 59.8 Å². The smallest absolute Gasteiger partial charge is 0.269 e. The Bertz CT molecular complexity index is 1000. The molecule has 3 heterocycles. The molecule has 2 aromatic rings. The molecule has 2 aliphatic rings. The van der Waals surface area contributed by atoms with E-state index in [1.54, 1.807) is 4.90 Å². The number of rotatable bonds is 4. The average molecular weight is 449 g/mol. The Morgan fingerprint density at radius 3 is 2.56 bits per heavy atom. The van der Waals surface area contributed by atoms with Crippen molar-refractivity contribution in [1.29, 1.82) is 0 Å². The van der Waals surface area contributed by atoms with Crippen LogP contribution in [0.4, 0.5) is 19.0 Å². The molecule has 0 bridgehead atoms. The summed E-state index contributed by atoms with van der Waals surface area (Å²) in [6.45, 7) is 0.412. The number of amides is 2. The number of carbonyl (C=O) groups is 2. The number of aromatic nitrogens is 2.